The molecule has 1 heterocycles. The Bertz CT molecular complexity index is 596. The maximum Gasteiger partial charge on any atom is 0.145 e. The van der Waals surface area contributed by atoms with Crippen molar-refractivity contribution in [1.29, 1.82) is 0 Å². The Labute approximate surface area is 125 Å². The standard InChI is InChI=1S/C15H17BrF2N2/c1-3-19-10(2)11-6-7-20(8-11)9-12-14(17)5-4-13(16)15(12)18/h4-8,10,19H,3,9H2,1-2H3. The molecule has 0 saturated heterocycles. The summed E-state index contributed by atoms with van der Waals surface area (Å²) in [5.41, 5.74) is 1.17. The first-order chi connectivity index (χ1) is 9.52. The maximum atomic E-state index is 13.9. The summed E-state index contributed by atoms with van der Waals surface area (Å²) in [6.07, 6.45) is 3.75. The SMILES string of the molecule is CCNC(C)c1ccn(Cc2c(F)ccc(Br)c2F)c1. The highest BCUT2D eigenvalue weighted by molar-refractivity contribution is 9.10. The van der Waals surface area contributed by atoms with Crippen molar-refractivity contribution in [2.45, 2.75) is 26.4 Å². The molecule has 0 aliphatic rings. The van der Waals surface area contributed by atoms with Gasteiger partial charge in [-0.2, -0.15) is 0 Å². The van der Waals surface area contributed by atoms with Crippen molar-refractivity contribution in [1.82, 2.24) is 9.88 Å². The van der Waals surface area contributed by atoms with Crippen LogP contribution in [0.25, 0.3) is 0 Å². The molecule has 0 aliphatic heterocycles. The van der Waals surface area contributed by atoms with Crippen LogP contribution in [0.1, 0.15) is 31.0 Å². The number of hydrogen-bond acceptors (Lipinski definition) is 1. The van der Waals surface area contributed by atoms with E-state index in [2.05, 4.69) is 28.2 Å². The molecule has 0 fully saturated rings. The fourth-order valence-electron chi connectivity index (χ4n) is 2.13. The van der Waals surface area contributed by atoms with Crippen molar-refractivity contribution in [3.05, 3.63) is 57.8 Å². The molecule has 0 bridgehead atoms. The van der Waals surface area contributed by atoms with Crippen molar-refractivity contribution in [2.75, 3.05) is 6.54 Å². The molecule has 1 aromatic heterocycles. The van der Waals surface area contributed by atoms with Gasteiger partial charge in [-0.15, -0.1) is 0 Å². The van der Waals surface area contributed by atoms with E-state index in [9.17, 15) is 8.78 Å². The smallest absolute Gasteiger partial charge is 0.145 e. The van der Waals surface area contributed by atoms with Crippen LogP contribution >= 0.6 is 15.9 Å². The summed E-state index contributed by atoms with van der Waals surface area (Å²) >= 11 is 3.08. The zero-order valence-electron chi connectivity index (χ0n) is 11.5. The Hall–Kier alpha value is -1.20. The van der Waals surface area contributed by atoms with Crippen LogP contribution in [0.2, 0.25) is 0 Å². The Balaban J connectivity index is 2.21. The Kier molecular flexibility index (Phi) is 4.94. The minimum atomic E-state index is -0.542. The van der Waals surface area contributed by atoms with Crippen LogP contribution in [0, 0.1) is 11.6 Å². The predicted octanol–water partition coefficient (Wildman–Crippen LogP) is 4.25. The van der Waals surface area contributed by atoms with E-state index >= 15 is 0 Å². The summed E-state index contributed by atoms with van der Waals surface area (Å²) in [6, 6.07) is 4.83. The van der Waals surface area contributed by atoms with Gasteiger partial charge in [0.25, 0.3) is 0 Å². The van der Waals surface area contributed by atoms with Crippen LogP contribution in [-0.2, 0) is 6.54 Å². The molecule has 5 heteroatoms. The summed E-state index contributed by atoms with van der Waals surface area (Å²) in [5.74, 6) is -1.07. The number of nitrogens with zero attached hydrogens (tertiary/aromatic N) is 1. The van der Waals surface area contributed by atoms with E-state index in [0.717, 1.165) is 12.1 Å². The molecule has 2 rings (SSSR count). The zero-order valence-corrected chi connectivity index (χ0v) is 13.0. The van der Waals surface area contributed by atoms with Gasteiger partial charge in [0.2, 0.25) is 0 Å². The minimum Gasteiger partial charge on any atom is -0.349 e. The monoisotopic (exact) mass is 342 g/mol. The number of hydrogen-bond donors (Lipinski definition) is 1. The van der Waals surface area contributed by atoms with E-state index in [1.165, 1.54) is 12.1 Å². The molecule has 0 saturated carbocycles. The van der Waals surface area contributed by atoms with Crippen LogP contribution in [0.3, 0.4) is 0 Å². The lowest BCUT2D eigenvalue weighted by atomic mass is 10.2. The summed E-state index contributed by atoms with van der Waals surface area (Å²) in [4.78, 5) is 0. The van der Waals surface area contributed by atoms with Gasteiger partial charge in [0.15, 0.2) is 0 Å². The fraction of sp³-hybridized carbons (Fsp3) is 0.333. The molecular weight excluding hydrogens is 326 g/mol. The lowest BCUT2D eigenvalue weighted by Crippen LogP contribution is -2.17. The summed E-state index contributed by atoms with van der Waals surface area (Å²) < 4.78 is 29.7. The summed E-state index contributed by atoms with van der Waals surface area (Å²) in [6.45, 7) is 5.15. The van der Waals surface area contributed by atoms with Gasteiger partial charge in [-0.25, -0.2) is 8.78 Å². The average molecular weight is 343 g/mol. The van der Waals surface area contributed by atoms with E-state index in [4.69, 9.17) is 0 Å². The van der Waals surface area contributed by atoms with Gasteiger partial charge in [-0.1, -0.05) is 6.92 Å². The third kappa shape index (κ3) is 3.27. The molecule has 1 atom stereocenters. The van der Waals surface area contributed by atoms with E-state index < -0.39 is 11.6 Å². The molecule has 0 aliphatic carbocycles. The van der Waals surface area contributed by atoms with E-state index in [1.54, 1.807) is 4.57 Å². The van der Waals surface area contributed by atoms with Crippen LogP contribution in [0.15, 0.2) is 35.1 Å². The van der Waals surface area contributed by atoms with E-state index in [1.807, 2.05) is 25.4 Å². The molecule has 2 aromatic rings. The number of aromatic nitrogens is 1. The molecule has 1 N–H and O–H groups in total. The third-order valence-electron chi connectivity index (χ3n) is 3.26. The molecule has 2 nitrogen and oxygen atoms in total. The van der Waals surface area contributed by atoms with Gasteiger partial charge >= 0.3 is 0 Å². The molecule has 20 heavy (non-hydrogen) atoms. The molecule has 0 amide bonds. The van der Waals surface area contributed by atoms with Crippen LogP contribution in [0.4, 0.5) is 8.78 Å². The van der Waals surface area contributed by atoms with E-state index in [0.29, 0.717) is 0 Å². The lowest BCUT2D eigenvalue weighted by molar-refractivity contribution is 0.540. The summed E-state index contributed by atoms with van der Waals surface area (Å²) in [5, 5.41) is 3.30. The minimum absolute atomic E-state index is 0.0672. The topological polar surface area (TPSA) is 17.0 Å². The summed E-state index contributed by atoms with van der Waals surface area (Å²) in [7, 11) is 0. The van der Waals surface area contributed by atoms with Gasteiger partial charge in [0.05, 0.1) is 11.0 Å². The Morgan fingerprint density at radius 1 is 1.30 bits per heavy atom. The second-order valence-electron chi connectivity index (χ2n) is 4.72. The number of halogens is 3. The number of rotatable bonds is 5. The molecule has 0 spiro atoms. The number of benzene rings is 1. The van der Waals surface area contributed by atoms with Crippen molar-refractivity contribution in [3.63, 3.8) is 0 Å². The van der Waals surface area contributed by atoms with Gasteiger partial charge < -0.3 is 9.88 Å². The molecule has 1 unspecified atom stereocenters. The largest absolute Gasteiger partial charge is 0.349 e. The molecular formula is C15H17BrF2N2. The second kappa shape index (κ2) is 6.50. The lowest BCUT2D eigenvalue weighted by Gasteiger charge is -2.10. The Morgan fingerprint density at radius 2 is 2.05 bits per heavy atom. The molecule has 108 valence electrons. The second-order valence-corrected chi connectivity index (χ2v) is 5.57. The predicted molar refractivity (Wildman–Crippen MR) is 79.7 cm³/mol. The first-order valence-electron chi connectivity index (χ1n) is 6.54. The van der Waals surface area contributed by atoms with Gasteiger partial charge in [0, 0.05) is 24.0 Å². The van der Waals surface area contributed by atoms with E-state index in [-0.39, 0.29) is 22.6 Å². The van der Waals surface area contributed by atoms with Crippen molar-refractivity contribution in [3.8, 4) is 0 Å². The average Bonchev–Trinajstić information content (AvgIpc) is 2.88. The van der Waals surface area contributed by atoms with Crippen molar-refractivity contribution < 1.29 is 8.78 Å². The quantitative estimate of drug-likeness (QED) is 0.804. The highest BCUT2D eigenvalue weighted by atomic mass is 79.9. The first-order valence-corrected chi connectivity index (χ1v) is 7.33. The van der Waals surface area contributed by atoms with Gasteiger partial charge in [0.1, 0.15) is 11.6 Å². The van der Waals surface area contributed by atoms with Gasteiger partial charge in [-0.3, -0.25) is 0 Å². The first kappa shape index (κ1) is 15.2. The van der Waals surface area contributed by atoms with Gasteiger partial charge in [-0.05, 0) is 53.2 Å². The zero-order chi connectivity index (χ0) is 14.7. The third-order valence-corrected chi connectivity index (χ3v) is 3.88. The van der Waals surface area contributed by atoms with Crippen LogP contribution < -0.4 is 5.32 Å². The highest BCUT2D eigenvalue weighted by Gasteiger charge is 2.13. The van der Waals surface area contributed by atoms with Crippen LogP contribution in [-0.4, -0.2) is 11.1 Å². The molecule has 1 aromatic carbocycles. The van der Waals surface area contributed by atoms with Crippen molar-refractivity contribution in [2.24, 2.45) is 0 Å². The molecule has 0 radical (unpaired) electrons. The fourth-order valence-corrected chi connectivity index (χ4v) is 2.51. The normalized spacial score (nSPS) is 12.7. The van der Waals surface area contributed by atoms with Crippen LogP contribution in [0.5, 0.6) is 0 Å². The van der Waals surface area contributed by atoms with Crippen molar-refractivity contribution >= 4 is 15.9 Å². The Morgan fingerprint density at radius 3 is 2.75 bits per heavy atom. The number of nitrogens with one attached hydrogen (secondary N) is 1. The maximum absolute atomic E-state index is 13.9. The highest BCUT2D eigenvalue weighted by Crippen LogP contribution is 2.23.